The van der Waals surface area contributed by atoms with Crippen molar-refractivity contribution in [2.45, 2.75) is 25.9 Å². The molecule has 0 unspecified atom stereocenters. The number of ketones is 1. The van der Waals surface area contributed by atoms with Crippen LogP contribution in [0.2, 0.25) is 0 Å². The van der Waals surface area contributed by atoms with E-state index in [1.165, 1.54) is 30.8 Å². The van der Waals surface area contributed by atoms with Crippen LogP contribution >= 0.6 is 0 Å². The van der Waals surface area contributed by atoms with Crippen molar-refractivity contribution in [1.29, 1.82) is 0 Å². The number of benzene rings is 1. The Morgan fingerprint density at radius 2 is 1.76 bits per heavy atom. The van der Waals surface area contributed by atoms with Crippen molar-refractivity contribution in [2.75, 3.05) is 17.3 Å². The summed E-state index contributed by atoms with van der Waals surface area (Å²) in [7, 11) is 0.319. The van der Waals surface area contributed by atoms with E-state index in [1.54, 1.807) is 0 Å². The molecule has 1 aromatic carbocycles. The van der Waals surface area contributed by atoms with Gasteiger partial charge in [0.15, 0.2) is 5.75 Å². The summed E-state index contributed by atoms with van der Waals surface area (Å²) in [6.45, 7) is 0.0405. The minimum atomic E-state index is 0.0405. The Balaban J connectivity index is 1.93. The number of aliphatic hydroxyl groups excluding tert-OH is 1. The van der Waals surface area contributed by atoms with Gasteiger partial charge in [-0.1, -0.05) is 24.3 Å². The summed E-state index contributed by atoms with van der Waals surface area (Å²) >= 11 is 0. The fourth-order valence-corrected chi connectivity index (χ4v) is 4.36. The molecule has 17 heavy (non-hydrogen) atoms. The number of aliphatic hydroxyl groups is 1. The second kappa shape index (κ2) is 6.22. The van der Waals surface area contributed by atoms with E-state index in [0.717, 1.165) is 16.9 Å². The molecule has 0 saturated carbocycles. The topological polar surface area (TPSA) is 37.3 Å². The maximum Gasteiger partial charge on any atom is 0.211 e. The molecule has 3 heteroatoms. The van der Waals surface area contributed by atoms with Gasteiger partial charge in [0, 0.05) is 5.56 Å². The van der Waals surface area contributed by atoms with Gasteiger partial charge in [0.1, 0.15) is 11.5 Å². The summed E-state index contributed by atoms with van der Waals surface area (Å²) in [4.78, 5) is 12.1. The lowest BCUT2D eigenvalue weighted by Gasteiger charge is -2.12. The van der Waals surface area contributed by atoms with Gasteiger partial charge in [-0.15, -0.1) is 0 Å². The largest absolute Gasteiger partial charge is 0.392 e. The van der Waals surface area contributed by atoms with Crippen molar-refractivity contribution in [3.05, 3.63) is 35.4 Å². The Kier molecular flexibility index (Phi) is 4.63. The molecular formula is C14H19O2S+. The van der Waals surface area contributed by atoms with Crippen LogP contribution in [-0.4, -0.2) is 28.1 Å². The van der Waals surface area contributed by atoms with Crippen LogP contribution < -0.4 is 0 Å². The van der Waals surface area contributed by atoms with Crippen LogP contribution in [0.5, 0.6) is 0 Å². The highest BCUT2D eigenvalue weighted by Gasteiger charge is 2.25. The molecule has 0 aromatic heterocycles. The van der Waals surface area contributed by atoms with E-state index < -0.39 is 0 Å². The minimum Gasteiger partial charge on any atom is -0.392 e. The Morgan fingerprint density at radius 1 is 1.12 bits per heavy atom. The lowest BCUT2D eigenvalue weighted by atomic mass is 10.1. The summed E-state index contributed by atoms with van der Waals surface area (Å²) in [6.07, 6.45) is 3.92. The lowest BCUT2D eigenvalue weighted by molar-refractivity contribution is 0.102. The van der Waals surface area contributed by atoms with Gasteiger partial charge in [-0.05, 0) is 35.7 Å². The van der Waals surface area contributed by atoms with Gasteiger partial charge in [0.25, 0.3) is 0 Å². The predicted molar refractivity (Wildman–Crippen MR) is 72.5 cm³/mol. The maximum atomic E-state index is 12.1. The van der Waals surface area contributed by atoms with Crippen molar-refractivity contribution >= 4 is 16.7 Å². The van der Waals surface area contributed by atoms with Gasteiger partial charge in [0.05, 0.1) is 6.61 Å². The quantitative estimate of drug-likeness (QED) is 0.658. The van der Waals surface area contributed by atoms with Gasteiger partial charge in [-0.25, -0.2) is 0 Å². The van der Waals surface area contributed by atoms with E-state index in [9.17, 15) is 4.79 Å². The molecule has 0 aliphatic carbocycles. The molecule has 2 nitrogen and oxygen atoms in total. The van der Waals surface area contributed by atoms with E-state index in [-0.39, 0.29) is 12.4 Å². The molecule has 1 saturated heterocycles. The molecule has 1 fully saturated rings. The Labute approximate surface area is 105 Å². The third kappa shape index (κ3) is 3.58. The van der Waals surface area contributed by atoms with E-state index in [4.69, 9.17) is 5.11 Å². The average molecular weight is 251 g/mol. The van der Waals surface area contributed by atoms with Crippen LogP contribution in [-0.2, 0) is 17.5 Å². The number of carbonyl (C=O) groups excluding carboxylic acids is 1. The first-order valence-electron chi connectivity index (χ1n) is 6.16. The van der Waals surface area contributed by atoms with Crippen molar-refractivity contribution in [3.63, 3.8) is 0 Å². The zero-order valence-electron chi connectivity index (χ0n) is 10.0. The third-order valence-corrected chi connectivity index (χ3v) is 5.56. The highest BCUT2D eigenvalue weighted by molar-refractivity contribution is 7.97. The lowest BCUT2D eigenvalue weighted by Crippen LogP contribution is -2.25. The fourth-order valence-electron chi connectivity index (χ4n) is 2.10. The first-order valence-corrected chi connectivity index (χ1v) is 7.90. The Hall–Kier alpha value is -0.800. The number of carbonyl (C=O) groups is 1. The molecule has 0 spiro atoms. The Morgan fingerprint density at radius 3 is 2.35 bits per heavy atom. The van der Waals surface area contributed by atoms with Crippen LogP contribution in [0.1, 0.15) is 35.2 Å². The van der Waals surface area contributed by atoms with Crippen LogP contribution in [0.25, 0.3) is 0 Å². The monoisotopic (exact) mass is 251 g/mol. The van der Waals surface area contributed by atoms with Crippen LogP contribution in [0, 0.1) is 0 Å². The Bertz CT molecular complexity index is 366. The first-order chi connectivity index (χ1) is 8.29. The zero-order valence-corrected chi connectivity index (χ0v) is 10.8. The van der Waals surface area contributed by atoms with Gasteiger partial charge in [-0.3, -0.25) is 4.79 Å². The summed E-state index contributed by atoms with van der Waals surface area (Å²) in [5, 5.41) is 8.94. The molecule has 0 atom stereocenters. The molecule has 1 heterocycles. The van der Waals surface area contributed by atoms with E-state index in [2.05, 4.69) is 0 Å². The molecule has 1 N–H and O–H groups in total. The van der Waals surface area contributed by atoms with Crippen LogP contribution in [0.4, 0.5) is 0 Å². The molecule has 2 rings (SSSR count). The highest BCUT2D eigenvalue weighted by atomic mass is 32.2. The van der Waals surface area contributed by atoms with Gasteiger partial charge in [-0.2, -0.15) is 0 Å². The standard InChI is InChI=1S/C14H19O2S/c15-10-12-4-6-13(7-5-12)14(16)11-17-8-2-1-3-9-17/h4-7,15H,1-3,8-11H2/q+1. The normalized spacial score (nSPS) is 17.0. The van der Waals surface area contributed by atoms with Crippen molar-refractivity contribution < 1.29 is 9.90 Å². The number of Topliss-reactive ketones (excluding diaryl/α,β-unsaturated/α-hetero) is 1. The van der Waals surface area contributed by atoms with Gasteiger partial charge >= 0.3 is 0 Å². The number of hydrogen-bond acceptors (Lipinski definition) is 2. The second-order valence-electron chi connectivity index (χ2n) is 4.50. The van der Waals surface area contributed by atoms with E-state index in [0.29, 0.717) is 10.9 Å². The fraction of sp³-hybridized carbons (Fsp3) is 0.500. The molecule has 1 aliphatic rings. The summed E-state index contributed by atoms with van der Waals surface area (Å²) < 4.78 is 0. The molecule has 0 radical (unpaired) electrons. The molecule has 1 aliphatic heterocycles. The highest BCUT2D eigenvalue weighted by Crippen LogP contribution is 2.15. The van der Waals surface area contributed by atoms with Crippen molar-refractivity contribution in [2.24, 2.45) is 0 Å². The van der Waals surface area contributed by atoms with Gasteiger partial charge < -0.3 is 5.11 Å². The summed E-state index contributed by atoms with van der Waals surface area (Å²) in [5.41, 5.74) is 1.65. The molecule has 92 valence electrons. The smallest absolute Gasteiger partial charge is 0.211 e. The molecular weight excluding hydrogens is 232 g/mol. The number of hydrogen-bond donors (Lipinski definition) is 1. The first kappa shape index (κ1) is 12.7. The van der Waals surface area contributed by atoms with Gasteiger partial charge in [0.2, 0.25) is 5.78 Å². The SMILES string of the molecule is O=C(C[S+]1CCCCC1)c1ccc(CO)cc1. The molecule has 0 bridgehead atoms. The third-order valence-electron chi connectivity index (χ3n) is 3.16. The van der Waals surface area contributed by atoms with Crippen molar-refractivity contribution in [1.82, 2.24) is 0 Å². The van der Waals surface area contributed by atoms with E-state index in [1.807, 2.05) is 24.3 Å². The summed E-state index contributed by atoms with van der Waals surface area (Å²) in [5.74, 6) is 3.46. The van der Waals surface area contributed by atoms with Crippen LogP contribution in [0.15, 0.2) is 24.3 Å². The second-order valence-corrected chi connectivity index (χ2v) is 6.83. The molecule has 1 aromatic rings. The maximum absolute atomic E-state index is 12.1. The van der Waals surface area contributed by atoms with Crippen LogP contribution in [0.3, 0.4) is 0 Å². The van der Waals surface area contributed by atoms with E-state index >= 15 is 0 Å². The minimum absolute atomic E-state index is 0.0405. The number of rotatable bonds is 4. The average Bonchev–Trinajstić information content (AvgIpc) is 2.40. The zero-order chi connectivity index (χ0) is 12.1. The predicted octanol–water partition coefficient (Wildman–Crippen LogP) is 2.16. The molecule has 0 amide bonds. The van der Waals surface area contributed by atoms with Crippen molar-refractivity contribution in [3.8, 4) is 0 Å². The summed E-state index contributed by atoms with van der Waals surface area (Å²) in [6, 6.07) is 7.33.